The monoisotopic (exact) mass is 524 g/mol. The summed E-state index contributed by atoms with van der Waals surface area (Å²) in [6.45, 7) is 2.38. The quantitative estimate of drug-likeness (QED) is 0.328. The molecule has 0 bridgehead atoms. The fraction of sp³-hybridized carbons (Fsp3) is 0.267. The summed E-state index contributed by atoms with van der Waals surface area (Å²) in [5.41, 5.74) is 21.7. The lowest BCUT2D eigenvalue weighted by atomic mass is 10.0. The summed E-state index contributed by atoms with van der Waals surface area (Å²) in [6, 6.07) is 21.2. The lowest BCUT2D eigenvalue weighted by Gasteiger charge is -2.12. The van der Waals surface area contributed by atoms with Gasteiger partial charge in [0, 0.05) is 0 Å². The Kier molecular flexibility index (Phi) is 10.0. The number of rotatable bonds is 10. The summed E-state index contributed by atoms with van der Waals surface area (Å²) < 4.78 is 12.3. The standard InChI is InChI=1S/C30H32N2O2.2ClH/c31-14-12-25-6-4-23-8-10-27(17-29(23)25)33-19-21-2-1-3-22(16-21)20-34-28-11-9-24-5-7-26(13-15-32)30(24)18-28;;/h1-3,6-11,16-18H,4-5,12-15,19-20,31-32H2;2*1H. The molecule has 0 atom stereocenters. The average molecular weight is 526 g/mol. The van der Waals surface area contributed by atoms with Crippen molar-refractivity contribution < 1.29 is 9.47 Å². The summed E-state index contributed by atoms with van der Waals surface area (Å²) in [5, 5.41) is 0. The first-order valence-corrected chi connectivity index (χ1v) is 12.1. The third-order valence-corrected chi connectivity index (χ3v) is 6.62. The zero-order valence-corrected chi connectivity index (χ0v) is 22.0. The highest BCUT2D eigenvalue weighted by atomic mass is 35.5. The number of benzene rings is 3. The van der Waals surface area contributed by atoms with Crippen molar-refractivity contribution in [2.45, 2.75) is 38.9 Å². The van der Waals surface area contributed by atoms with Crippen molar-refractivity contribution in [3.8, 4) is 11.5 Å². The third kappa shape index (κ3) is 6.32. The minimum atomic E-state index is 0. The molecule has 190 valence electrons. The zero-order valence-electron chi connectivity index (χ0n) is 20.4. The van der Waals surface area contributed by atoms with Crippen LogP contribution in [0, 0.1) is 0 Å². The Balaban J connectivity index is 0.00000180. The van der Waals surface area contributed by atoms with Gasteiger partial charge in [0.1, 0.15) is 24.7 Å². The molecule has 3 aromatic carbocycles. The first-order chi connectivity index (χ1) is 16.7. The molecule has 6 heteroatoms. The van der Waals surface area contributed by atoms with Crippen LogP contribution in [-0.2, 0) is 26.1 Å². The molecule has 0 saturated heterocycles. The van der Waals surface area contributed by atoms with Crippen LogP contribution >= 0.6 is 24.8 Å². The Morgan fingerprint density at radius 3 is 1.53 bits per heavy atom. The predicted molar refractivity (Wildman–Crippen MR) is 153 cm³/mol. The maximum atomic E-state index is 6.13. The number of hydrogen-bond acceptors (Lipinski definition) is 4. The zero-order chi connectivity index (χ0) is 23.3. The molecule has 2 aliphatic carbocycles. The molecular formula is C30H34Cl2N2O2. The van der Waals surface area contributed by atoms with E-state index >= 15 is 0 Å². The summed E-state index contributed by atoms with van der Waals surface area (Å²) in [6.07, 6.45) is 8.35. The number of halogens is 2. The Hall–Kier alpha value is -2.76. The van der Waals surface area contributed by atoms with E-state index in [4.69, 9.17) is 20.9 Å². The van der Waals surface area contributed by atoms with Crippen molar-refractivity contribution in [1.29, 1.82) is 0 Å². The maximum absolute atomic E-state index is 6.13. The number of hydrogen-bond donors (Lipinski definition) is 2. The van der Waals surface area contributed by atoms with Gasteiger partial charge in [-0.3, -0.25) is 0 Å². The molecule has 0 spiro atoms. The molecule has 2 aliphatic rings. The van der Waals surface area contributed by atoms with Crippen LogP contribution in [0.1, 0.15) is 46.2 Å². The Labute approximate surface area is 226 Å². The Bertz CT molecular complexity index is 1160. The number of allylic oxidation sites excluding steroid dienone is 2. The minimum Gasteiger partial charge on any atom is -0.489 e. The van der Waals surface area contributed by atoms with Gasteiger partial charge in [0.15, 0.2) is 0 Å². The van der Waals surface area contributed by atoms with Gasteiger partial charge >= 0.3 is 0 Å². The highest BCUT2D eigenvalue weighted by Gasteiger charge is 2.15. The molecule has 4 nitrogen and oxygen atoms in total. The maximum Gasteiger partial charge on any atom is 0.120 e. The van der Waals surface area contributed by atoms with Gasteiger partial charge in [-0.15, -0.1) is 24.8 Å². The molecule has 5 rings (SSSR count). The van der Waals surface area contributed by atoms with Crippen molar-refractivity contribution in [3.05, 3.63) is 106 Å². The van der Waals surface area contributed by atoms with Gasteiger partial charge in [-0.05, 0) is 114 Å². The van der Waals surface area contributed by atoms with Crippen molar-refractivity contribution >= 4 is 36.0 Å². The summed E-state index contributed by atoms with van der Waals surface area (Å²) in [5.74, 6) is 1.79. The Morgan fingerprint density at radius 2 is 1.08 bits per heavy atom. The van der Waals surface area contributed by atoms with Crippen LogP contribution in [0.15, 0.2) is 72.8 Å². The second-order valence-electron chi connectivity index (χ2n) is 8.98. The molecule has 0 aromatic heterocycles. The van der Waals surface area contributed by atoms with Gasteiger partial charge in [0.25, 0.3) is 0 Å². The molecular weight excluding hydrogens is 491 g/mol. The number of ether oxygens (including phenoxy) is 2. The smallest absolute Gasteiger partial charge is 0.120 e. The molecule has 0 heterocycles. The summed E-state index contributed by atoms with van der Waals surface area (Å²) >= 11 is 0. The molecule has 0 radical (unpaired) electrons. The first kappa shape index (κ1) is 27.8. The number of fused-ring (bicyclic) bond motifs is 2. The molecule has 36 heavy (non-hydrogen) atoms. The van der Waals surface area contributed by atoms with E-state index in [-0.39, 0.29) is 24.8 Å². The lowest BCUT2D eigenvalue weighted by molar-refractivity contribution is 0.299. The second kappa shape index (κ2) is 13.0. The third-order valence-electron chi connectivity index (χ3n) is 6.62. The summed E-state index contributed by atoms with van der Waals surface area (Å²) in [4.78, 5) is 0. The molecule has 0 amide bonds. The van der Waals surface area contributed by atoms with Crippen LogP contribution in [0.2, 0.25) is 0 Å². The second-order valence-corrected chi connectivity index (χ2v) is 8.98. The average Bonchev–Trinajstić information content (AvgIpc) is 3.46. The fourth-order valence-corrected chi connectivity index (χ4v) is 4.86. The number of nitrogens with two attached hydrogens (primary N) is 2. The van der Waals surface area contributed by atoms with Crippen molar-refractivity contribution in [2.24, 2.45) is 11.5 Å². The van der Waals surface area contributed by atoms with Gasteiger partial charge in [0.2, 0.25) is 0 Å². The fourth-order valence-electron chi connectivity index (χ4n) is 4.86. The van der Waals surface area contributed by atoms with Crippen LogP contribution in [0.3, 0.4) is 0 Å². The van der Waals surface area contributed by atoms with Crippen molar-refractivity contribution in [1.82, 2.24) is 0 Å². The molecule has 4 N–H and O–H groups in total. The molecule has 0 saturated carbocycles. The van der Waals surface area contributed by atoms with E-state index in [1.165, 1.54) is 33.4 Å². The van der Waals surface area contributed by atoms with Gasteiger partial charge in [0.05, 0.1) is 0 Å². The molecule has 0 fully saturated rings. The van der Waals surface area contributed by atoms with Gasteiger partial charge in [-0.25, -0.2) is 0 Å². The SMILES string of the molecule is Cl.Cl.NCCC1=CCc2ccc(OCc3cccc(COc4ccc5c(c4)C(CCN)=CC5)c3)cc21. The van der Waals surface area contributed by atoms with Crippen LogP contribution in [0.25, 0.3) is 11.1 Å². The van der Waals surface area contributed by atoms with Crippen LogP contribution in [-0.4, -0.2) is 13.1 Å². The minimum absolute atomic E-state index is 0. The van der Waals surface area contributed by atoms with Crippen LogP contribution in [0.4, 0.5) is 0 Å². The van der Waals surface area contributed by atoms with E-state index in [2.05, 4.69) is 72.8 Å². The molecule has 3 aromatic rings. The van der Waals surface area contributed by atoms with Crippen LogP contribution < -0.4 is 20.9 Å². The lowest BCUT2D eigenvalue weighted by Crippen LogP contribution is -2.01. The van der Waals surface area contributed by atoms with E-state index in [9.17, 15) is 0 Å². The first-order valence-electron chi connectivity index (χ1n) is 12.1. The van der Waals surface area contributed by atoms with E-state index in [1.54, 1.807) is 0 Å². The van der Waals surface area contributed by atoms with Crippen molar-refractivity contribution in [2.75, 3.05) is 13.1 Å². The van der Waals surface area contributed by atoms with E-state index < -0.39 is 0 Å². The topological polar surface area (TPSA) is 70.5 Å². The van der Waals surface area contributed by atoms with Gasteiger partial charge in [-0.1, -0.05) is 42.5 Å². The van der Waals surface area contributed by atoms with E-state index in [1.807, 2.05) is 0 Å². The van der Waals surface area contributed by atoms with Gasteiger partial charge in [-0.2, -0.15) is 0 Å². The normalized spacial score (nSPS) is 13.1. The predicted octanol–water partition coefficient (Wildman–Crippen LogP) is 6.26. The van der Waals surface area contributed by atoms with E-state index in [0.717, 1.165) is 48.3 Å². The highest BCUT2D eigenvalue weighted by Crippen LogP contribution is 2.34. The molecule has 0 unspecified atom stereocenters. The largest absolute Gasteiger partial charge is 0.489 e. The van der Waals surface area contributed by atoms with Gasteiger partial charge < -0.3 is 20.9 Å². The highest BCUT2D eigenvalue weighted by molar-refractivity contribution is 5.85. The van der Waals surface area contributed by atoms with E-state index in [0.29, 0.717) is 26.3 Å². The van der Waals surface area contributed by atoms with Crippen LogP contribution in [0.5, 0.6) is 11.5 Å². The van der Waals surface area contributed by atoms with Crippen molar-refractivity contribution in [3.63, 3.8) is 0 Å². The molecule has 0 aliphatic heterocycles. The Morgan fingerprint density at radius 1 is 0.611 bits per heavy atom. The summed E-state index contributed by atoms with van der Waals surface area (Å²) in [7, 11) is 0.